The van der Waals surface area contributed by atoms with Crippen molar-refractivity contribution in [3.63, 3.8) is 0 Å². The van der Waals surface area contributed by atoms with Crippen LogP contribution in [-0.4, -0.2) is 79.8 Å². The van der Waals surface area contributed by atoms with Crippen LogP contribution in [0.1, 0.15) is 22.3 Å². The Morgan fingerprint density at radius 1 is 1.00 bits per heavy atom. The third kappa shape index (κ3) is 4.64. The van der Waals surface area contributed by atoms with Crippen LogP contribution in [0.3, 0.4) is 0 Å². The quantitative estimate of drug-likeness (QED) is 0.711. The minimum absolute atomic E-state index is 0.00966. The summed E-state index contributed by atoms with van der Waals surface area (Å²) in [5.74, 6) is -0.514. The van der Waals surface area contributed by atoms with Crippen molar-refractivity contribution in [3.05, 3.63) is 65.5 Å². The van der Waals surface area contributed by atoms with Crippen molar-refractivity contribution in [2.75, 3.05) is 57.4 Å². The summed E-state index contributed by atoms with van der Waals surface area (Å²) in [5.41, 5.74) is 1.75. The second kappa shape index (κ2) is 9.21. The first-order valence-electron chi connectivity index (χ1n) is 11.4. The largest absolute Gasteiger partial charge is 0.379 e. The average Bonchev–Trinajstić information content (AvgIpc) is 3.26. The van der Waals surface area contributed by atoms with Gasteiger partial charge in [-0.25, -0.2) is 4.39 Å². The predicted molar refractivity (Wildman–Crippen MR) is 120 cm³/mol. The van der Waals surface area contributed by atoms with Crippen molar-refractivity contribution in [1.29, 1.82) is 0 Å². The second-order valence-corrected chi connectivity index (χ2v) is 8.95. The molecule has 3 aliphatic heterocycles. The van der Waals surface area contributed by atoms with Gasteiger partial charge in [-0.15, -0.1) is 0 Å². The van der Waals surface area contributed by atoms with Crippen molar-refractivity contribution in [2.24, 2.45) is 0 Å². The van der Waals surface area contributed by atoms with Crippen LogP contribution in [0.15, 0.2) is 48.5 Å². The van der Waals surface area contributed by atoms with Gasteiger partial charge in [0.2, 0.25) is 0 Å². The van der Waals surface area contributed by atoms with Crippen LogP contribution in [0.5, 0.6) is 0 Å². The third-order valence-electron chi connectivity index (χ3n) is 6.74. The molecule has 5 rings (SSSR count). The maximum absolute atomic E-state index is 13.5. The molecule has 3 fully saturated rings. The minimum atomic E-state index is -0.614. The van der Waals surface area contributed by atoms with E-state index in [4.69, 9.17) is 9.47 Å². The zero-order chi connectivity index (χ0) is 22.8. The summed E-state index contributed by atoms with van der Waals surface area (Å²) >= 11 is 0. The number of amides is 2. The van der Waals surface area contributed by atoms with Crippen LogP contribution < -0.4 is 4.90 Å². The molecule has 2 aromatic rings. The van der Waals surface area contributed by atoms with Gasteiger partial charge in [0.25, 0.3) is 11.8 Å². The molecule has 8 heteroatoms. The molecule has 0 aliphatic carbocycles. The maximum atomic E-state index is 13.5. The summed E-state index contributed by atoms with van der Waals surface area (Å²) in [6.45, 7) is 5.14. The van der Waals surface area contributed by atoms with Crippen molar-refractivity contribution < 1.29 is 23.5 Å². The summed E-state index contributed by atoms with van der Waals surface area (Å²) < 4.78 is 24.8. The fraction of sp³-hybridized carbons (Fsp3) is 0.440. The van der Waals surface area contributed by atoms with Gasteiger partial charge >= 0.3 is 0 Å². The first kappa shape index (κ1) is 22.0. The molecule has 3 saturated heterocycles. The lowest BCUT2D eigenvalue weighted by Crippen LogP contribution is -2.56. The van der Waals surface area contributed by atoms with Crippen LogP contribution in [0.25, 0.3) is 0 Å². The number of carbonyl (C=O) groups is 2. The first-order chi connectivity index (χ1) is 16.0. The van der Waals surface area contributed by atoms with E-state index in [2.05, 4.69) is 4.90 Å². The molecule has 3 heterocycles. The third-order valence-corrected chi connectivity index (χ3v) is 6.74. The number of likely N-dealkylation sites (tertiary alicyclic amines) is 1. The number of nitrogens with zero attached hydrogens (tertiary/aromatic N) is 3. The molecule has 2 amide bonds. The van der Waals surface area contributed by atoms with E-state index in [9.17, 15) is 14.0 Å². The highest BCUT2D eigenvalue weighted by molar-refractivity contribution is 5.97. The van der Waals surface area contributed by atoms with E-state index in [1.165, 1.54) is 12.1 Å². The normalized spacial score (nSPS) is 24.0. The summed E-state index contributed by atoms with van der Waals surface area (Å²) in [7, 11) is 0. The van der Waals surface area contributed by atoms with Gasteiger partial charge in [0, 0.05) is 37.4 Å². The molecular formula is C25H28FN3O4. The lowest BCUT2D eigenvalue weighted by Gasteiger charge is -2.40. The SMILES string of the molecule is O=C(c1ccccc1CN1CCOCC1)N1CCC2(C1)CN(c1ccc(F)cc1)C(=O)CO2. The Balaban J connectivity index is 1.30. The lowest BCUT2D eigenvalue weighted by atomic mass is 9.99. The van der Waals surface area contributed by atoms with Crippen LogP contribution in [0.4, 0.5) is 10.1 Å². The van der Waals surface area contributed by atoms with Gasteiger partial charge in [-0.2, -0.15) is 0 Å². The van der Waals surface area contributed by atoms with Crippen molar-refractivity contribution in [2.45, 2.75) is 18.6 Å². The van der Waals surface area contributed by atoms with E-state index < -0.39 is 5.60 Å². The molecule has 0 saturated carbocycles. The number of halogens is 1. The highest BCUT2D eigenvalue weighted by atomic mass is 19.1. The van der Waals surface area contributed by atoms with Crippen LogP contribution >= 0.6 is 0 Å². The highest BCUT2D eigenvalue weighted by Crippen LogP contribution is 2.33. The van der Waals surface area contributed by atoms with Gasteiger partial charge in [0.15, 0.2) is 0 Å². The zero-order valence-electron chi connectivity index (χ0n) is 18.5. The number of carbonyl (C=O) groups excluding carboxylic acids is 2. The molecule has 3 aliphatic rings. The minimum Gasteiger partial charge on any atom is -0.379 e. The Labute approximate surface area is 192 Å². The molecule has 33 heavy (non-hydrogen) atoms. The topological polar surface area (TPSA) is 62.3 Å². The smallest absolute Gasteiger partial charge is 0.254 e. The molecule has 0 bridgehead atoms. The van der Waals surface area contributed by atoms with E-state index in [0.29, 0.717) is 57.1 Å². The molecule has 0 radical (unpaired) electrons. The summed E-state index contributed by atoms with van der Waals surface area (Å²) in [5, 5.41) is 0. The molecule has 1 unspecified atom stereocenters. The van der Waals surface area contributed by atoms with Crippen LogP contribution in [0, 0.1) is 5.82 Å². The number of benzene rings is 2. The maximum Gasteiger partial charge on any atom is 0.254 e. The number of rotatable bonds is 4. The fourth-order valence-electron chi connectivity index (χ4n) is 4.87. The Hall–Kier alpha value is -2.81. The number of morpholine rings is 2. The fourth-order valence-corrected chi connectivity index (χ4v) is 4.87. The van der Waals surface area contributed by atoms with Crippen LogP contribution in [-0.2, 0) is 20.8 Å². The van der Waals surface area contributed by atoms with E-state index >= 15 is 0 Å². The van der Waals surface area contributed by atoms with Gasteiger partial charge in [-0.3, -0.25) is 14.5 Å². The monoisotopic (exact) mass is 453 g/mol. The Kier molecular flexibility index (Phi) is 6.14. The standard InChI is InChI=1S/C25H28FN3O4/c26-20-5-7-21(8-6-20)29-18-25(33-16-23(29)30)9-10-28(17-25)24(31)22-4-2-1-3-19(22)15-27-11-13-32-14-12-27/h1-8H,9-18H2. The molecule has 1 spiro atoms. The van der Waals surface area contributed by atoms with Gasteiger partial charge in [-0.05, 0) is 42.3 Å². The highest BCUT2D eigenvalue weighted by Gasteiger charge is 2.47. The van der Waals surface area contributed by atoms with E-state index in [1.807, 2.05) is 29.2 Å². The van der Waals surface area contributed by atoms with Crippen LogP contribution in [0.2, 0.25) is 0 Å². The summed E-state index contributed by atoms with van der Waals surface area (Å²) in [6.07, 6.45) is 0.648. The van der Waals surface area contributed by atoms with E-state index in [-0.39, 0.29) is 24.2 Å². The van der Waals surface area contributed by atoms with Crippen molar-refractivity contribution >= 4 is 17.5 Å². The van der Waals surface area contributed by atoms with Gasteiger partial charge in [0.1, 0.15) is 18.0 Å². The van der Waals surface area contributed by atoms with E-state index in [0.717, 1.165) is 18.7 Å². The van der Waals surface area contributed by atoms with Crippen molar-refractivity contribution in [3.8, 4) is 0 Å². The molecular weight excluding hydrogens is 425 g/mol. The Morgan fingerprint density at radius 3 is 2.55 bits per heavy atom. The molecule has 0 N–H and O–H groups in total. The lowest BCUT2D eigenvalue weighted by molar-refractivity contribution is -0.137. The van der Waals surface area contributed by atoms with E-state index in [1.54, 1.807) is 17.0 Å². The number of ether oxygens (including phenoxy) is 2. The van der Waals surface area contributed by atoms with Gasteiger partial charge in [-0.1, -0.05) is 18.2 Å². The summed E-state index contributed by atoms with van der Waals surface area (Å²) in [6, 6.07) is 13.7. The number of hydrogen-bond acceptors (Lipinski definition) is 5. The zero-order valence-corrected chi connectivity index (χ0v) is 18.5. The Morgan fingerprint density at radius 2 is 1.76 bits per heavy atom. The molecule has 2 aromatic carbocycles. The molecule has 174 valence electrons. The molecule has 1 atom stereocenters. The van der Waals surface area contributed by atoms with Gasteiger partial charge < -0.3 is 19.3 Å². The predicted octanol–water partition coefficient (Wildman–Crippen LogP) is 2.31. The average molecular weight is 454 g/mol. The molecule has 0 aromatic heterocycles. The number of hydrogen-bond donors (Lipinski definition) is 0. The van der Waals surface area contributed by atoms with Crippen molar-refractivity contribution in [1.82, 2.24) is 9.80 Å². The molecule has 7 nitrogen and oxygen atoms in total. The second-order valence-electron chi connectivity index (χ2n) is 8.95. The Bertz CT molecular complexity index is 1020. The first-order valence-corrected chi connectivity index (χ1v) is 11.4. The number of anilines is 1. The van der Waals surface area contributed by atoms with Gasteiger partial charge in [0.05, 0.1) is 26.3 Å². The summed E-state index contributed by atoms with van der Waals surface area (Å²) in [4.78, 5) is 31.8.